The van der Waals surface area contributed by atoms with E-state index in [1.807, 2.05) is 30.3 Å². The summed E-state index contributed by atoms with van der Waals surface area (Å²) in [4.78, 5) is 25.8. The predicted molar refractivity (Wildman–Crippen MR) is 93.2 cm³/mol. The van der Waals surface area contributed by atoms with Crippen molar-refractivity contribution in [2.24, 2.45) is 0 Å². The highest BCUT2D eigenvalue weighted by molar-refractivity contribution is 6.55. The van der Waals surface area contributed by atoms with Crippen molar-refractivity contribution in [3.63, 3.8) is 0 Å². The van der Waals surface area contributed by atoms with Crippen LogP contribution < -0.4 is 0 Å². The van der Waals surface area contributed by atoms with Crippen molar-refractivity contribution >= 4 is 34.9 Å². The molecule has 1 aliphatic heterocycles. The fourth-order valence-electron chi connectivity index (χ4n) is 2.52. The molecular formula is C19H14ClNO3. The maximum Gasteiger partial charge on any atom is 0.299 e. The van der Waals surface area contributed by atoms with E-state index in [9.17, 15) is 14.7 Å². The maximum absolute atomic E-state index is 12.4. The topological polar surface area (TPSA) is 57.6 Å². The highest BCUT2D eigenvalue weighted by atomic mass is 35.5. The largest absolute Gasteiger partial charge is 0.505 e. The first kappa shape index (κ1) is 16.0. The molecule has 0 unspecified atom stereocenters. The van der Waals surface area contributed by atoms with Crippen LogP contribution in [0.15, 0.2) is 66.1 Å². The molecule has 5 heteroatoms. The standard InChI is InChI=1S/C19H14ClNO3/c1-21-15(11-12-5-3-2-4-6-12)17(22)16(18(23)19(21)24)13-7-9-14(20)10-8-13/h2-11,22H,1H3/b15-11-. The number of amides is 1. The van der Waals surface area contributed by atoms with E-state index in [0.717, 1.165) is 10.5 Å². The molecule has 0 radical (unpaired) electrons. The number of benzene rings is 2. The van der Waals surface area contributed by atoms with Crippen LogP contribution in [0.3, 0.4) is 0 Å². The molecule has 120 valence electrons. The van der Waals surface area contributed by atoms with Crippen LogP contribution in [0.4, 0.5) is 0 Å². The van der Waals surface area contributed by atoms with Gasteiger partial charge in [-0.25, -0.2) is 0 Å². The summed E-state index contributed by atoms with van der Waals surface area (Å²) < 4.78 is 0. The molecule has 2 aromatic carbocycles. The molecule has 0 aliphatic carbocycles. The zero-order valence-corrected chi connectivity index (χ0v) is 13.6. The van der Waals surface area contributed by atoms with Crippen LogP contribution in [-0.2, 0) is 9.59 Å². The van der Waals surface area contributed by atoms with Gasteiger partial charge in [0.1, 0.15) is 0 Å². The number of nitrogens with zero attached hydrogens (tertiary/aromatic N) is 1. The number of ketones is 1. The Balaban J connectivity index is 2.18. The third-order valence-electron chi connectivity index (χ3n) is 3.80. The molecule has 1 heterocycles. The second-order valence-corrected chi connectivity index (χ2v) is 5.80. The van der Waals surface area contributed by atoms with Crippen LogP contribution in [0.5, 0.6) is 0 Å². The average molecular weight is 340 g/mol. The second-order valence-electron chi connectivity index (χ2n) is 5.36. The lowest BCUT2D eigenvalue weighted by Gasteiger charge is -2.26. The van der Waals surface area contributed by atoms with Crippen LogP contribution >= 0.6 is 11.6 Å². The van der Waals surface area contributed by atoms with Gasteiger partial charge in [0.25, 0.3) is 11.7 Å². The number of likely N-dealkylation sites (N-methyl/N-ethyl adjacent to an activating group) is 1. The SMILES string of the molecule is CN1C(=O)C(=O)C(c2ccc(Cl)cc2)=C(O)/C1=C/c1ccccc1. The molecule has 0 spiro atoms. The Kier molecular flexibility index (Phi) is 4.23. The molecule has 1 N–H and O–H groups in total. The van der Waals surface area contributed by atoms with E-state index >= 15 is 0 Å². The monoisotopic (exact) mass is 339 g/mol. The third kappa shape index (κ3) is 2.84. The first-order valence-corrected chi connectivity index (χ1v) is 7.65. The van der Waals surface area contributed by atoms with Crippen molar-refractivity contribution in [3.05, 3.63) is 82.2 Å². The van der Waals surface area contributed by atoms with Crippen LogP contribution in [-0.4, -0.2) is 28.7 Å². The number of carbonyl (C=O) groups is 2. The summed E-state index contributed by atoms with van der Waals surface area (Å²) >= 11 is 5.86. The Morgan fingerprint density at radius 1 is 1.00 bits per heavy atom. The fourth-order valence-corrected chi connectivity index (χ4v) is 2.65. The average Bonchev–Trinajstić information content (AvgIpc) is 2.60. The molecule has 3 rings (SSSR count). The van der Waals surface area contributed by atoms with Crippen molar-refractivity contribution in [1.82, 2.24) is 4.90 Å². The fraction of sp³-hybridized carbons (Fsp3) is 0.0526. The van der Waals surface area contributed by atoms with Crippen molar-refractivity contribution in [3.8, 4) is 0 Å². The summed E-state index contributed by atoms with van der Waals surface area (Å²) in [6.07, 6.45) is 1.66. The van der Waals surface area contributed by atoms with Gasteiger partial charge in [-0.3, -0.25) is 9.59 Å². The molecule has 4 nitrogen and oxygen atoms in total. The van der Waals surface area contributed by atoms with Crippen LogP contribution in [0, 0.1) is 0 Å². The summed E-state index contributed by atoms with van der Waals surface area (Å²) in [5.41, 5.74) is 1.51. The Morgan fingerprint density at radius 3 is 2.25 bits per heavy atom. The second kappa shape index (κ2) is 6.34. The third-order valence-corrected chi connectivity index (χ3v) is 4.05. The summed E-state index contributed by atoms with van der Waals surface area (Å²) in [5, 5.41) is 11.1. The molecule has 0 atom stereocenters. The first-order valence-electron chi connectivity index (χ1n) is 7.27. The van der Waals surface area contributed by atoms with Gasteiger partial charge in [-0.15, -0.1) is 0 Å². The highest BCUT2D eigenvalue weighted by Crippen LogP contribution is 2.31. The number of rotatable bonds is 2. The molecule has 0 aromatic heterocycles. The molecule has 0 saturated carbocycles. The van der Waals surface area contributed by atoms with Gasteiger partial charge in [0.15, 0.2) is 5.76 Å². The van der Waals surface area contributed by atoms with Gasteiger partial charge >= 0.3 is 0 Å². The number of hydrogen-bond acceptors (Lipinski definition) is 3. The quantitative estimate of drug-likeness (QED) is 0.849. The molecular weight excluding hydrogens is 326 g/mol. The minimum Gasteiger partial charge on any atom is -0.505 e. The lowest BCUT2D eigenvalue weighted by Crippen LogP contribution is -2.38. The van der Waals surface area contributed by atoms with Gasteiger partial charge < -0.3 is 10.0 Å². The number of aliphatic hydroxyl groups excluding tert-OH is 1. The summed E-state index contributed by atoms with van der Waals surface area (Å²) in [6.45, 7) is 0. The zero-order chi connectivity index (χ0) is 17.3. The lowest BCUT2D eigenvalue weighted by molar-refractivity contribution is -0.140. The van der Waals surface area contributed by atoms with Crippen molar-refractivity contribution in [2.75, 3.05) is 7.05 Å². The van der Waals surface area contributed by atoms with Gasteiger partial charge in [0, 0.05) is 12.1 Å². The molecule has 0 saturated heterocycles. The molecule has 24 heavy (non-hydrogen) atoms. The van der Waals surface area contributed by atoms with Crippen molar-refractivity contribution in [1.29, 1.82) is 0 Å². The van der Waals surface area contributed by atoms with E-state index in [4.69, 9.17) is 11.6 Å². The highest BCUT2D eigenvalue weighted by Gasteiger charge is 2.36. The number of carbonyl (C=O) groups excluding carboxylic acids is 2. The van der Waals surface area contributed by atoms with E-state index in [2.05, 4.69) is 0 Å². The Hall–Kier alpha value is -2.85. The van der Waals surface area contributed by atoms with Crippen LogP contribution in [0.25, 0.3) is 11.6 Å². The molecule has 2 aromatic rings. The number of halogens is 1. The first-order chi connectivity index (χ1) is 11.5. The molecule has 0 fully saturated rings. The smallest absolute Gasteiger partial charge is 0.299 e. The van der Waals surface area contributed by atoms with E-state index < -0.39 is 11.7 Å². The molecule has 1 amide bonds. The van der Waals surface area contributed by atoms with Gasteiger partial charge in [0.05, 0.1) is 11.3 Å². The predicted octanol–water partition coefficient (Wildman–Crippen LogP) is 3.69. The summed E-state index contributed by atoms with van der Waals surface area (Å²) in [7, 11) is 1.46. The normalized spacial score (nSPS) is 16.9. The lowest BCUT2D eigenvalue weighted by atomic mass is 9.94. The molecule has 1 aliphatic rings. The number of hydrogen-bond donors (Lipinski definition) is 1. The summed E-state index contributed by atoms with van der Waals surface area (Å²) in [6, 6.07) is 15.7. The van der Waals surface area contributed by atoms with Crippen LogP contribution in [0.1, 0.15) is 11.1 Å². The van der Waals surface area contributed by atoms with E-state index in [-0.39, 0.29) is 17.0 Å². The zero-order valence-electron chi connectivity index (χ0n) is 12.9. The van der Waals surface area contributed by atoms with Gasteiger partial charge in [-0.05, 0) is 29.3 Å². The minimum atomic E-state index is -0.748. The van der Waals surface area contributed by atoms with Crippen LogP contribution in [0.2, 0.25) is 5.02 Å². The van der Waals surface area contributed by atoms with Crippen molar-refractivity contribution in [2.45, 2.75) is 0 Å². The maximum atomic E-state index is 12.4. The minimum absolute atomic E-state index is 0.0167. The van der Waals surface area contributed by atoms with E-state index in [0.29, 0.717) is 10.6 Å². The van der Waals surface area contributed by atoms with Gasteiger partial charge in [0.2, 0.25) is 0 Å². The number of Topliss-reactive ketones (excluding diaryl/α,β-unsaturated/α-hetero) is 1. The van der Waals surface area contributed by atoms with E-state index in [1.165, 1.54) is 7.05 Å². The Labute approximate surface area is 144 Å². The molecule has 0 bridgehead atoms. The van der Waals surface area contributed by atoms with E-state index in [1.54, 1.807) is 30.3 Å². The van der Waals surface area contributed by atoms with Gasteiger partial charge in [-0.2, -0.15) is 0 Å². The Morgan fingerprint density at radius 2 is 1.62 bits per heavy atom. The Bertz CT molecular complexity index is 867. The van der Waals surface area contributed by atoms with Gasteiger partial charge in [-0.1, -0.05) is 54.1 Å². The summed E-state index contributed by atoms with van der Waals surface area (Å²) in [5.74, 6) is -1.67. The van der Waals surface area contributed by atoms with Crippen molar-refractivity contribution < 1.29 is 14.7 Å². The number of aliphatic hydroxyl groups is 1.